The third-order valence-electron chi connectivity index (χ3n) is 4.16. The Balaban J connectivity index is 1.78. The number of nitrogens with one attached hydrogen (secondary N) is 1. The number of rotatable bonds is 6. The van der Waals surface area contributed by atoms with Crippen molar-refractivity contribution in [2.45, 2.75) is 23.8 Å². The zero-order chi connectivity index (χ0) is 17.2. The highest BCUT2D eigenvalue weighted by Crippen LogP contribution is 2.27. The second kappa shape index (κ2) is 7.26. The van der Waals surface area contributed by atoms with E-state index in [1.165, 1.54) is 0 Å². The number of sulfonamides is 1. The number of likely N-dealkylation sites (tertiary alicyclic amines) is 1. The zero-order valence-corrected chi connectivity index (χ0v) is 14.5. The topological polar surface area (TPSA) is 49.4 Å². The van der Waals surface area contributed by atoms with Crippen LogP contribution in [0.1, 0.15) is 24.4 Å². The number of thiophene rings is 1. The third-order valence-corrected chi connectivity index (χ3v) is 6.32. The highest BCUT2D eigenvalue weighted by atomic mass is 32.2. The van der Waals surface area contributed by atoms with E-state index in [4.69, 9.17) is 0 Å². The summed E-state index contributed by atoms with van der Waals surface area (Å²) in [6, 6.07) is 4.35. The molecule has 24 heavy (non-hydrogen) atoms. The second-order valence-electron chi connectivity index (χ2n) is 5.74. The predicted molar refractivity (Wildman–Crippen MR) is 89.4 cm³/mol. The van der Waals surface area contributed by atoms with Gasteiger partial charge in [0.15, 0.2) is 0 Å². The molecule has 130 valence electrons. The van der Waals surface area contributed by atoms with Crippen molar-refractivity contribution in [3.63, 3.8) is 0 Å². The molecule has 4 nitrogen and oxygen atoms in total. The smallest absolute Gasteiger partial charge is 0.243 e. The van der Waals surface area contributed by atoms with Crippen LogP contribution in [0.4, 0.5) is 8.78 Å². The van der Waals surface area contributed by atoms with Gasteiger partial charge < -0.3 is 0 Å². The minimum Gasteiger partial charge on any atom is -0.295 e. The Labute approximate surface area is 144 Å². The van der Waals surface area contributed by atoms with Gasteiger partial charge in [-0.05, 0) is 60.5 Å². The highest BCUT2D eigenvalue weighted by molar-refractivity contribution is 7.89. The van der Waals surface area contributed by atoms with E-state index in [2.05, 4.69) is 9.62 Å². The summed E-state index contributed by atoms with van der Waals surface area (Å²) in [5.74, 6) is -1.89. The van der Waals surface area contributed by atoms with E-state index >= 15 is 0 Å². The maximum absolute atomic E-state index is 13.8. The van der Waals surface area contributed by atoms with Crippen LogP contribution in [-0.2, 0) is 10.0 Å². The van der Waals surface area contributed by atoms with Crippen molar-refractivity contribution in [3.05, 3.63) is 52.2 Å². The van der Waals surface area contributed by atoms with E-state index in [9.17, 15) is 17.2 Å². The second-order valence-corrected chi connectivity index (χ2v) is 8.26. The fourth-order valence-electron chi connectivity index (χ4n) is 2.94. The monoisotopic (exact) mass is 372 g/mol. The lowest BCUT2D eigenvalue weighted by Gasteiger charge is -2.27. The Morgan fingerprint density at radius 2 is 1.96 bits per heavy atom. The third kappa shape index (κ3) is 3.83. The largest absolute Gasteiger partial charge is 0.295 e. The molecule has 0 amide bonds. The van der Waals surface area contributed by atoms with Crippen molar-refractivity contribution in [1.82, 2.24) is 9.62 Å². The lowest BCUT2D eigenvalue weighted by Crippen LogP contribution is -2.36. The Morgan fingerprint density at radius 3 is 2.58 bits per heavy atom. The molecule has 1 N–H and O–H groups in total. The Hall–Kier alpha value is -1.35. The van der Waals surface area contributed by atoms with Crippen molar-refractivity contribution in [2.75, 3.05) is 19.6 Å². The van der Waals surface area contributed by atoms with Crippen LogP contribution >= 0.6 is 11.3 Å². The average molecular weight is 372 g/mol. The molecule has 3 rings (SSSR count). The van der Waals surface area contributed by atoms with Gasteiger partial charge in [-0.1, -0.05) is 0 Å². The van der Waals surface area contributed by atoms with Crippen molar-refractivity contribution < 1.29 is 17.2 Å². The zero-order valence-electron chi connectivity index (χ0n) is 12.9. The van der Waals surface area contributed by atoms with Gasteiger partial charge in [-0.3, -0.25) is 4.90 Å². The van der Waals surface area contributed by atoms with Crippen LogP contribution < -0.4 is 4.72 Å². The number of benzene rings is 1. The summed E-state index contributed by atoms with van der Waals surface area (Å²) in [6.45, 7) is 1.97. The first kappa shape index (κ1) is 17.5. The maximum Gasteiger partial charge on any atom is 0.243 e. The van der Waals surface area contributed by atoms with Crippen molar-refractivity contribution >= 4 is 21.4 Å². The maximum atomic E-state index is 13.8. The summed E-state index contributed by atoms with van der Waals surface area (Å²) in [4.78, 5) is 1.69. The van der Waals surface area contributed by atoms with E-state index in [1.54, 1.807) is 11.3 Å². The van der Waals surface area contributed by atoms with Gasteiger partial charge in [0.2, 0.25) is 10.0 Å². The molecule has 1 atom stereocenters. The molecule has 1 fully saturated rings. The lowest BCUT2D eigenvalue weighted by molar-refractivity contribution is 0.247. The minimum atomic E-state index is -4.04. The molecule has 1 aromatic carbocycles. The summed E-state index contributed by atoms with van der Waals surface area (Å²) >= 11 is 1.55. The fourth-order valence-corrected chi connectivity index (χ4v) is 4.74. The molecule has 0 unspecified atom stereocenters. The van der Waals surface area contributed by atoms with Crippen LogP contribution in [0.25, 0.3) is 0 Å². The molecule has 1 aromatic heterocycles. The van der Waals surface area contributed by atoms with Crippen molar-refractivity contribution in [3.8, 4) is 0 Å². The summed E-state index contributed by atoms with van der Waals surface area (Å²) in [7, 11) is -4.04. The molecule has 1 saturated heterocycles. The van der Waals surface area contributed by atoms with E-state index in [1.807, 2.05) is 16.8 Å². The Bertz CT molecular complexity index is 788. The van der Waals surface area contributed by atoms with Crippen LogP contribution in [0.5, 0.6) is 0 Å². The molecular formula is C16H18F2N2O2S2. The summed E-state index contributed by atoms with van der Waals surface area (Å²) in [6.07, 6.45) is 2.17. The molecule has 0 saturated carbocycles. The summed E-state index contributed by atoms with van der Waals surface area (Å²) in [5, 5.41) is 3.95. The molecule has 0 spiro atoms. The van der Waals surface area contributed by atoms with Crippen molar-refractivity contribution in [1.29, 1.82) is 0 Å². The fraction of sp³-hybridized carbons (Fsp3) is 0.375. The number of hydrogen-bond acceptors (Lipinski definition) is 4. The standard InChI is InChI=1S/C16H18F2N2O2S2/c17-13-3-4-16(14(18)9-13)24(21,22)19-10-15(12-5-8-23-11-12)20-6-1-2-7-20/h3-5,8-9,11,15,19H,1-2,6-7,10H2/t15-/m0/s1. The molecule has 0 aliphatic carbocycles. The normalized spacial score (nSPS) is 17.2. The highest BCUT2D eigenvalue weighted by Gasteiger charge is 2.27. The molecule has 8 heteroatoms. The molecule has 0 radical (unpaired) electrons. The molecular weight excluding hydrogens is 354 g/mol. The van der Waals surface area contributed by atoms with Gasteiger partial charge >= 0.3 is 0 Å². The minimum absolute atomic E-state index is 0.0861. The van der Waals surface area contributed by atoms with Crippen LogP contribution in [0.2, 0.25) is 0 Å². The molecule has 1 aliphatic rings. The Kier molecular flexibility index (Phi) is 5.29. The number of nitrogens with zero attached hydrogens (tertiary/aromatic N) is 1. The molecule has 2 heterocycles. The van der Waals surface area contributed by atoms with Crippen LogP contribution in [0, 0.1) is 11.6 Å². The van der Waals surface area contributed by atoms with E-state index in [0.29, 0.717) is 6.07 Å². The predicted octanol–water partition coefficient (Wildman–Crippen LogP) is 3.14. The number of hydrogen-bond donors (Lipinski definition) is 1. The van der Waals surface area contributed by atoms with E-state index < -0.39 is 26.6 Å². The van der Waals surface area contributed by atoms with Crippen LogP contribution in [-0.4, -0.2) is 33.0 Å². The summed E-state index contributed by atoms with van der Waals surface area (Å²) < 4.78 is 54.0. The van der Waals surface area contributed by atoms with Gasteiger partial charge in [-0.2, -0.15) is 11.3 Å². The number of halogens is 2. The van der Waals surface area contributed by atoms with E-state index in [-0.39, 0.29) is 12.6 Å². The van der Waals surface area contributed by atoms with Gasteiger partial charge in [0, 0.05) is 18.7 Å². The van der Waals surface area contributed by atoms with Gasteiger partial charge in [0.25, 0.3) is 0 Å². The van der Waals surface area contributed by atoms with E-state index in [0.717, 1.165) is 43.6 Å². The van der Waals surface area contributed by atoms with Crippen molar-refractivity contribution in [2.24, 2.45) is 0 Å². The first-order chi connectivity index (χ1) is 11.5. The Morgan fingerprint density at radius 1 is 1.21 bits per heavy atom. The van der Waals surface area contributed by atoms with Crippen LogP contribution in [0.15, 0.2) is 39.9 Å². The summed E-state index contributed by atoms with van der Waals surface area (Å²) in [5.41, 5.74) is 1.05. The molecule has 2 aromatic rings. The van der Waals surface area contributed by atoms with Gasteiger partial charge in [0.05, 0.1) is 0 Å². The SMILES string of the molecule is O=S(=O)(NC[C@@H](c1ccsc1)N1CCCC1)c1ccc(F)cc1F. The van der Waals surface area contributed by atoms with Gasteiger partial charge in [-0.15, -0.1) is 0 Å². The molecule has 0 bridgehead atoms. The quantitative estimate of drug-likeness (QED) is 0.848. The van der Waals surface area contributed by atoms with Gasteiger partial charge in [0.1, 0.15) is 16.5 Å². The van der Waals surface area contributed by atoms with Gasteiger partial charge in [-0.25, -0.2) is 21.9 Å². The first-order valence-electron chi connectivity index (χ1n) is 7.68. The lowest BCUT2D eigenvalue weighted by atomic mass is 10.1. The molecule has 1 aliphatic heterocycles. The van der Waals surface area contributed by atoms with Crippen LogP contribution in [0.3, 0.4) is 0 Å². The average Bonchev–Trinajstić information content (AvgIpc) is 3.20. The first-order valence-corrected chi connectivity index (χ1v) is 10.1.